The molecule has 1 atom stereocenters. The fraction of sp³-hybridized carbons (Fsp3) is 0.571. The van der Waals surface area contributed by atoms with Gasteiger partial charge in [0.05, 0.1) is 10.8 Å². The molecule has 2 rings (SSSR count). The number of nitrogens with zero attached hydrogens (tertiary/aromatic N) is 1. The zero-order valence-corrected chi connectivity index (χ0v) is 16.1. The number of thiophene rings is 1. The van der Waals surface area contributed by atoms with Crippen molar-refractivity contribution in [3.63, 3.8) is 0 Å². The van der Waals surface area contributed by atoms with Gasteiger partial charge in [0.25, 0.3) is 5.91 Å². The molecule has 1 unspecified atom stereocenters. The molecule has 7 nitrogen and oxygen atoms in total. The molecular weight excluding hydrogens is 412 g/mol. The molecule has 1 aromatic rings. The summed E-state index contributed by atoms with van der Waals surface area (Å²) in [6.45, 7) is 1.07. The quantitative estimate of drug-likeness (QED) is 0.700. The van der Waals surface area contributed by atoms with Gasteiger partial charge in [-0.05, 0) is 24.3 Å². The molecule has 0 aromatic carbocycles. The van der Waals surface area contributed by atoms with Crippen LogP contribution >= 0.6 is 23.7 Å². The van der Waals surface area contributed by atoms with Gasteiger partial charge >= 0.3 is 5.76 Å². The molecule has 1 fully saturated rings. The van der Waals surface area contributed by atoms with Crippen molar-refractivity contribution in [2.75, 3.05) is 26.2 Å². The molecule has 0 spiro atoms. The predicted octanol–water partition coefficient (Wildman–Crippen LogP) is 1.09. The predicted molar refractivity (Wildman–Crippen MR) is 95.4 cm³/mol. The second kappa shape index (κ2) is 9.58. The molecular formula is C14H20ClF2N3O4S2. The summed E-state index contributed by atoms with van der Waals surface area (Å²) in [5.41, 5.74) is 5.33. The maximum Gasteiger partial charge on any atom is 0.341 e. The first-order valence-electron chi connectivity index (χ1n) is 7.65. The minimum Gasteiger partial charge on any atom is -0.355 e. The van der Waals surface area contributed by atoms with Gasteiger partial charge in [0.2, 0.25) is 15.7 Å². The van der Waals surface area contributed by atoms with Gasteiger partial charge in [0.1, 0.15) is 4.88 Å². The standard InChI is InChI=1S/C14H19F2N3O4S2.ClH/c15-14(16)25(22,23)10-3-7-24-11(10)13(21)19-6-1-2-9(8-19)12(20)18-5-4-17;/h3,7,9,14H,1-2,4-6,8,17H2,(H,18,20);1H. The third-order valence-corrected chi connectivity index (χ3v) is 6.34. The number of nitrogens with two attached hydrogens (primary N) is 1. The van der Waals surface area contributed by atoms with E-state index < -0.39 is 32.3 Å². The number of halogens is 3. The molecule has 148 valence electrons. The monoisotopic (exact) mass is 431 g/mol. The van der Waals surface area contributed by atoms with E-state index in [1.807, 2.05) is 0 Å². The summed E-state index contributed by atoms with van der Waals surface area (Å²) < 4.78 is 49.0. The Morgan fingerprint density at radius 2 is 2.12 bits per heavy atom. The molecule has 26 heavy (non-hydrogen) atoms. The molecule has 1 aliphatic heterocycles. The molecule has 0 saturated carbocycles. The van der Waals surface area contributed by atoms with Crippen LogP contribution in [0.1, 0.15) is 22.5 Å². The van der Waals surface area contributed by atoms with Crippen molar-refractivity contribution in [2.45, 2.75) is 23.5 Å². The lowest BCUT2D eigenvalue weighted by Crippen LogP contribution is -2.46. The van der Waals surface area contributed by atoms with Crippen LogP contribution in [0.15, 0.2) is 16.3 Å². The summed E-state index contributed by atoms with van der Waals surface area (Å²) >= 11 is 0.798. The van der Waals surface area contributed by atoms with Crippen molar-refractivity contribution in [1.82, 2.24) is 10.2 Å². The van der Waals surface area contributed by atoms with E-state index in [1.165, 1.54) is 10.3 Å². The van der Waals surface area contributed by atoms with Crippen molar-refractivity contribution in [3.8, 4) is 0 Å². The normalized spacial score (nSPS) is 17.7. The number of likely N-dealkylation sites (tertiary alicyclic amines) is 1. The van der Waals surface area contributed by atoms with E-state index in [9.17, 15) is 26.8 Å². The van der Waals surface area contributed by atoms with E-state index in [0.717, 1.165) is 17.4 Å². The third-order valence-electron chi connectivity index (χ3n) is 3.89. The molecule has 1 aliphatic rings. The molecule has 0 aliphatic carbocycles. The lowest BCUT2D eigenvalue weighted by molar-refractivity contribution is -0.126. The second-order valence-electron chi connectivity index (χ2n) is 5.59. The third kappa shape index (κ3) is 4.90. The molecule has 12 heteroatoms. The molecule has 1 saturated heterocycles. The number of nitrogens with one attached hydrogen (secondary N) is 1. The Morgan fingerprint density at radius 3 is 2.73 bits per heavy atom. The van der Waals surface area contributed by atoms with Gasteiger partial charge in [-0.2, -0.15) is 8.78 Å². The molecule has 2 heterocycles. The highest BCUT2D eigenvalue weighted by molar-refractivity contribution is 7.92. The largest absolute Gasteiger partial charge is 0.355 e. The summed E-state index contributed by atoms with van der Waals surface area (Å²) in [4.78, 5) is 25.1. The van der Waals surface area contributed by atoms with Crippen LogP contribution in [0.25, 0.3) is 0 Å². The summed E-state index contributed by atoms with van der Waals surface area (Å²) in [5, 5.41) is 3.94. The minimum absolute atomic E-state index is 0. The number of amides is 2. The van der Waals surface area contributed by atoms with Crippen LogP contribution in [0.3, 0.4) is 0 Å². The zero-order valence-electron chi connectivity index (χ0n) is 13.7. The summed E-state index contributed by atoms with van der Waals surface area (Å²) in [5.74, 6) is -4.90. The van der Waals surface area contributed by atoms with Crippen LogP contribution in [-0.2, 0) is 14.6 Å². The number of carbonyl (C=O) groups is 2. The highest BCUT2D eigenvalue weighted by atomic mass is 35.5. The van der Waals surface area contributed by atoms with Crippen LogP contribution in [0.4, 0.5) is 8.78 Å². The van der Waals surface area contributed by atoms with Crippen LogP contribution in [-0.4, -0.2) is 57.1 Å². The van der Waals surface area contributed by atoms with Gasteiger partial charge in [0.15, 0.2) is 0 Å². The second-order valence-corrected chi connectivity index (χ2v) is 8.39. The Bertz CT molecular complexity index is 742. The van der Waals surface area contributed by atoms with E-state index in [4.69, 9.17) is 5.73 Å². The van der Waals surface area contributed by atoms with Crippen molar-refractivity contribution in [1.29, 1.82) is 0 Å². The summed E-state index contributed by atoms with van der Waals surface area (Å²) in [6.07, 6.45) is 1.15. The number of piperidine rings is 1. The Hall–Kier alpha value is -1.30. The van der Waals surface area contributed by atoms with Crippen LogP contribution in [0.5, 0.6) is 0 Å². The zero-order chi connectivity index (χ0) is 18.6. The van der Waals surface area contributed by atoms with Gasteiger partial charge in [0, 0.05) is 26.2 Å². The highest BCUT2D eigenvalue weighted by Gasteiger charge is 2.35. The molecule has 0 bridgehead atoms. The van der Waals surface area contributed by atoms with Crippen LogP contribution < -0.4 is 11.1 Å². The smallest absolute Gasteiger partial charge is 0.341 e. The van der Waals surface area contributed by atoms with E-state index in [-0.39, 0.29) is 29.7 Å². The van der Waals surface area contributed by atoms with Crippen LogP contribution in [0.2, 0.25) is 0 Å². The Balaban J connectivity index is 0.00000338. The van der Waals surface area contributed by atoms with Crippen molar-refractivity contribution in [3.05, 3.63) is 16.3 Å². The van der Waals surface area contributed by atoms with Crippen LogP contribution in [0, 0.1) is 5.92 Å². The number of carbonyl (C=O) groups excluding carboxylic acids is 2. The average Bonchev–Trinajstić information content (AvgIpc) is 3.09. The fourth-order valence-corrected chi connectivity index (χ4v) is 4.76. The Kier molecular flexibility index (Phi) is 8.38. The number of hydrogen-bond acceptors (Lipinski definition) is 6. The molecule has 3 N–H and O–H groups in total. The van der Waals surface area contributed by atoms with E-state index in [1.54, 1.807) is 0 Å². The lowest BCUT2D eigenvalue weighted by Gasteiger charge is -2.32. The topological polar surface area (TPSA) is 110 Å². The minimum atomic E-state index is -4.85. The summed E-state index contributed by atoms with van der Waals surface area (Å²) in [6, 6.07) is 1.01. The summed E-state index contributed by atoms with van der Waals surface area (Å²) in [7, 11) is -4.85. The van der Waals surface area contributed by atoms with Gasteiger partial charge < -0.3 is 16.0 Å². The number of alkyl halides is 2. The SMILES string of the molecule is Cl.NCCNC(=O)C1CCCN(C(=O)c2sccc2S(=O)(=O)C(F)F)C1. The van der Waals surface area contributed by atoms with Gasteiger partial charge in [-0.15, -0.1) is 23.7 Å². The molecule has 2 amide bonds. The average molecular weight is 432 g/mol. The van der Waals surface area contributed by atoms with Gasteiger partial charge in [-0.3, -0.25) is 9.59 Å². The van der Waals surface area contributed by atoms with Crippen molar-refractivity contribution < 1.29 is 26.8 Å². The Morgan fingerprint density at radius 1 is 1.42 bits per heavy atom. The Labute approximate surface area is 160 Å². The van der Waals surface area contributed by atoms with Gasteiger partial charge in [-0.25, -0.2) is 8.42 Å². The van der Waals surface area contributed by atoms with E-state index >= 15 is 0 Å². The first-order chi connectivity index (χ1) is 11.8. The molecule has 1 aromatic heterocycles. The highest BCUT2D eigenvalue weighted by Crippen LogP contribution is 2.29. The maximum atomic E-state index is 12.8. The number of sulfone groups is 1. The fourth-order valence-electron chi connectivity index (χ4n) is 2.63. The molecule has 0 radical (unpaired) electrons. The lowest BCUT2D eigenvalue weighted by atomic mass is 9.97. The number of hydrogen-bond donors (Lipinski definition) is 2. The maximum absolute atomic E-state index is 12.8. The van der Waals surface area contributed by atoms with Gasteiger partial charge in [-0.1, -0.05) is 0 Å². The van der Waals surface area contributed by atoms with E-state index in [0.29, 0.717) is 32.5 Å². The number of rotatable bonds is 6. The van der Waals surface area contributed by atoms with Crippen molar-refractivity contribution in [2.24, 2.45) is 11.7 Å². The van der Waals surface area contributed by atoms with E-state index in [2.05, 4.69) is 5.32 Å². The first-order valence-corrected chi connectivity index (χ1v) is 10.1. The first kappa shape index (κ1) is 22.7. The van der Waals surface area contributed by atoms with Crippen molar-refractivity contribution >= 4 is 45.4 Å².